The van der Waals surface area contributed by atoms with Crippen LogP contribution in [0.25, 0.3) is 0 Å². The molecule has 0 heterocycles. The molecular formula is C56H99NO5. The molecule has 62 heavy (non-hydrogen) atoms. The highest BCUT2D eigenvalue weighted by molar-refractivity contribution is 5.77. The molecule has 0 saturated heterocycles. The van der Waals surface area contributed by atoms with Crippen LogP contribution < -0.4 is 5.32 Å². The van der Waals surface area contributed by atoms with Gasteiger partial charge in [-0.25, -0.2) is 0 Å². The van der Waals surface area contributed by atoms with Crippen LogP contribution in [0.1, 0.15) is 245 Å². The first-order valence-corrected chi connectivity index (χ1v) is 26.2. The van der Waals surface area contributed by atoms with E-state index in [0.717, 1.165) is 77.0 Å². The smallest absolute Gasteiger partial charge is 0.306 e. The molecule has 0 aromatic carbocycles. The Bertz CT molecular complexity index is 1150. The van der Waals surface area contributed by atoms with Crippen molar-refractivity contribution in [1.29, 1.82) is 0 Å². The van der Waals surface area contributed by atoms with Gasteiger partial charge in [-0.3, -0.25) is 9.59 Å². The summed E-state index contributed by atoms with van der Waals surface area (Å²) in [6.45, 7) is 6.32. The predicted molar refractivity (Wildman–Crippen MR) is 268 cm³/mol. The van der Waals surface area contributed by atoms with Gasteiger partial charge in [0.15, 0.2) is 0 Å². The van der Waals surface area contributed by atoms with Crippen LogP contribution in [0.2, 0.25) is 0 Å². The first-order valence-electron chi connectivity index (χ1n) is 26.2. The lowest BCUT2D eigenvalue weighted by Gasteiger charge is -2.24. The molecule has 6 nitrogen and oxygen atoms in total. The van der Waals surface area contributed by atoms with Gasteiger partial charge in [-0.15, -0.1) is 0 Å². The predicted octanol–water partition coefficient (Wildman–Crippen LogP) is 15.8. The molecule has 0 aromatic heterocycles. The molecule has 0 aliphatic rings. The summed E-state index contributed by atoms with van der Waals surface area (Å²) in [6.07, 6.45) is 62.4. The van der Waals surface area contributed by atoms with E-state index in [1.165, 1.54) is 122 Å². The van der Waals surface area contributed by atoms with Gasteiger partial charge in [0.25, 0.3) is 0 Å². The van der Waals surface area contributed by atoms with E-state index < -0.39 is 18.2 Å². The van der Waals surface area contributed by atoms with E-state index in [-0.39, 0.29) is 24.9 Å². The summed E-state index contributed by atoms with van der Waals surface area (Å²) in [6, 6.07) is -0.716. The lowest BCUT2D eigenvalue weighted by Crippen LogP contribution is -2.46. The first-order chi connectivity index (χ1) is 30.5. The maximum Gasteiger partial charge on any atom is 0.306 e. The van der Waals surface area contributed by atoms with E-state index in [2.05, 4.69) is 56.5 Å². The summed E-state index contributed by atoms with van der Waals surface area (Å²) in [7, 11) is 0. The monoisotopic (exact) mass is 866 g/mol. The van der Waals surface area contributed by atoms with E-state index >= 15 is 0 Å². The minimum atomic E-state index is -0.800. The molecular weight excluding hydrogens is 767 g/mol. The molecule has 0 aliphatic heterocycles. The highest BCUT2D eigenvalue weighted by atomic mass is 16.5. The molecule has 0 aliphatic carbocycles. The maximum absolute atomic E-state index is 13.2. The number of aliphatic hydroxyl groups excluding tert-OH is 2. The van der Waals surface area contributed by atoms with Gasteiger partial charge in [0.1, 0.15) is 6.10 Å². The van der Waals surface area contributed by atoms with E-state index in [1.807, 2.05) is 42.5 Å². The number of carbonyl (C=O) groups excluding carboxylic acids is 2. The van der Waals surface area contributed by atoms with Crippen molar-refractivity contribution in [2.24, 2.45) is 0 Å². The van der Waals surface area contributed by atoms with Gasteiger partial charge in [0.2, 0.25) is 5.91 Å². The standard InChI is InChI=1S/C56H99NO5/c1-4-7-10-13-16-19-22-25-27-30-33-36-39-42-45-48-54(59)53(51-58)57-55(60)50-52(47-44-41-38-35-32-29-24-21-18-15-12-9-6-3)62-56(61)49-46-43-40-37-34-31-28-26-23-20-17-14-11-8-5-2/h8,11,14,17,20-21,23-24,26,28,31,34,52-54,58-59H,4-7,9-10,12-13,15-16,18-19,22,25,27,29-30,32-33,35-51H2,1-3H3,(H,57,60)/b11-8+,17-14+,23-20-,24-21-,28-26-,34-31+. The van der Waals surface area contributed by atoms with E-state index in [0.29, 0.717) is 19.3 Å². The highest BCUT2D eigenvalue weighted by Crippen LogP contribution is 2.18. The fraction of sp³-hybridized carbons (Fsp3) is 0.750. The number of hydrogen-bond donors (Lipinski definition) is 3. The Labute approximate surface area is 383 Å². The largest absolute Gasteiger partial charge is 0.462 e. The molecule has 6 heteroatoms. The Morgan fingerprint density at radius 3 is 1.39 bits per heavy atom. The second kappa shape index (κ2) is 49.3. The Hall–Kier alpha value is -2.70. The second-order valence-electron chi connectivity index (χ2n) is 17.7. The summed E-state index contributed by atoms with van der Waals surface area (Å²) in [5.41, 5.74) is 0. The topological polar surface area (TPSA) is 95.9 Å². The molecule has 0 aromatic rings. The fourth-order valence-corrected chi connectivity index (χ4v) is 7.68. The fourth-order valence-electron chi connectivity index (χ4n) is 7.68. The van der Waals surface area contributed by atoms with Crippen LogP contribution in [-0.4, -0.2) is 46.9 Å². The van der Waals surface area contributed by atoms with Crippen LogP contribution in [0, 0.1) is 0 Å². The number of carbonyl (C=O) groups is 2. The number of amides is 1. The first kappa shape index (κ1) is 59.3. The summed E-state index contributed by atoms with van der Waals surface area (Å²) in [5.74, 6) is -0.531. The van der Waals surface area contributed by atoms with Crippen molar-refractivity contribution >= 4 is 11.9 Å². The molecule has 358 valence electrons. The average Bonchev–Trinajstić information content (AvgIpc) is 3.26. The molecule has 0 spiro atoms. The van der Waals surface area contributed by atoms with Crippen LogP contribution >= 0.6 is 0 Å². The quantitative estimate of drug-likeness (QED) is 0.0245. The van der Waals surface area contributed by atoms with Gasteiger partial charge in [0.05, 0.1) is 25.2 Å². The summed E-state index contributed by atoms with van der Waals surface area (Å²) >= 11 is 0. The third-order valence-electron chi connectivity index (χ3n) is 11.6. The molecule has 1 amide bonds. The number of allylic oxidation sites excluding steroid dienone is 12. The molecule has 0 radical (unpaired) electrons. The molecule has 0 bridgehead atoms. The number of esters is 1. The van der Waals surface area contributed by atoms with Crippen molar-refractivity contribution in [3.63, 3.8) is 0 Å². The number of ether oxygens (including phenoxy) is 1. The third-order valence-corrected chi connectivity index (χ3v) is 11.6. The maximum atomic E-state index is 13.2. The van der Waals surface area contributed by atoms with Gasteiger partial charge >= 0.3 is 5.97 Å². The minimum absolute atomic E-state index is 0.0522. The van der Waals surface area contributed by atoms with Crippen molar-refractivity contribution in [2.45, 2.75) is 264 Å². The van der Waals surface area contributed by atoms with Gasteiger partial charge in [-0.1, -0.05) is 235 Å². The number of unbranched alkanes of at least 4 members (excludes halogenated alkanes) is 26. The minimum Gasteiger partial charge on any atom is -0.462 e. The van der Waals surface area contributed by atoms with E-state index in [1.54, 1.807) is 0 Å². The number of aliphatic hydroxyl groups is 2. The third kappa shape index (κ3) is 43.9. The Kier molecular flexibility index (Phi) is 47.2. The number of nitrogens with one attached hydrogen (secondary N) is 1. The number of rotatable bonds is 46. The van der Waals surface area contributed by atoms with Crippen LogP contribution in [0.3, 0.4) is 0 Å². The molecule has 0 saturated carbocycles. The van der Waals surface area contributed by atoms with Crippen LogP contribution in [0.5, 0.6) is 0 Å². The SMILES string of the molecule is CC/C=C/C=C/C=C\C=C/C=C/CCCCCC(=O)OC(CCCCCCC/C=C\CCCCCC)CC(=O)NC(CO)C(O)CCCCCCCCCCCCCCCCC. The molecule has 3 unspecified atom stereocenters. The number of hydrogen-bond acceptors (Lipinski definition) is 5. The van der Waals surface area contributed by atoms with Gasteiger partial charge in [-0.2, -0.15) is 0 Å². The average molecular weight is 866 g/mol. The lowest BCUT2D eigenvalue weighted by molar-refractivity contribution is -0.151. The zero-order valence-corrected chi connectivity index (χ0v) is 40.7. The van der Waals surface area contributed by atoms with Crippen molar-refractivity contribution in [3.8, 4) is 0 Å². The second-order valence-corrected chi connectivity index (χ2v) is 17.7. The Morgan fingerprint density at radius 2 is 0.887 bits per heavy atom. The Morgan fingerprint density at radius 1 is 0.484 bits per heavy atom. The molecule has 3 N–H and O–H groups in total. The normalized spacial score (nSPS) is 13.8. The van der Waals surface area contributed by atoms with Crippen molar-refractivity contribution in [1.82, 2.24) is 5.32 Å². The molecule has 0 rings (SSSR count). The highest BCUT2D eigenvalue weighted by Gasteiger charge is 2.24. The summed E-state index contributed by atoms with van der Waals surface area (Å²) in [4.78, 5) is 26.1. The summed E-state index contributed by atoms with van der Waals surface area (Å²) < 4.78 is 5.91. The van der Waals surface area contributed by atoms with Gasteiger partial charge in [0, 0.05) is 6.42 Å². The molecule has 3 atom stereocenters. The van der Waals surface area contributed by atoms with Gasteiger partial charge < -0.3 is 20.3 Å². The van der Waals surface area contributed by atoms with Crippen LogP contribution in [-0.2, 0) is 14.3 Å². The van der Waals surface area contributed by atoms with Crippen molar-refractivity contribution in [3.05, 3.63) is 72.9 Å². The zero-order chi connectivity index (χ0) is 45.2. The molecule has 0 fully saturated rings. The van der Waals surface area contributed by atoms with Gasteiger partial charge in [-0.05, 0) is 70.6 Å². The summed E-state index contributed by atoms with van der Waals surface area (Å²) in [5, 5.41) is 23.8. The van der Waals surface area contributed by atoms with E-state index in [4.69, 9.17) is 4.74 Å². The van der Waals surface area contributed by atoms with E-state index in [9.17, 15) is 19.8 Å². The van der Waals surface area contributed by atoms with Crippen molar-refractivity contribution < 1.29 is 24.5 Å². The zero-order valence-electron chi connectivity index (χ0n) is 40.7. The van der Waals surface area contributed by atoms with Crippen LogP contribution in [0.15, 0.2) is 72.9 Å². The van der Waals surface area contributed by atoms with Crippen molar-refractivity contribution in [2.75, 3.05) is 6.61 Å². The Balaban J connectivity index is 4.64. The lowest BCUT2D eigenvalue weighted by atomic mass is 10.0. The van der Waals surface area contributed by atoms with Crippen LogP contribution in [0.4, 0.5) is 0 Å².